The van der Waals surface area contributed by atoms with E-state index in [9.17, 15) is 9.59 Å². The van der Waals surface area contributed by atoms with Gasteiger partial charge in [0.05, 0.1) is 12.1 Å². The lowest BCUT2D eigenvalue weighted by atomic mass is 10.1. The number of ether oxygens (including phenoxy) is 1. The highest BCUT2D eigenvalue weighted by Gasteiger charge is 2.25. The van der Waals surface area contributed by atoms with Gasteiger partial charge in [0, 0.05) is 37.2 Å². The van der Waals surface area contributed by atoms with Gasteiger partial charge in [0.2, 0.25) is 5.91 Å². The summed E-state index contributed by atoms with van der Waals surface area (Å²) in [5.74, 6) is 0.537. The summed E-state index contributed by atoms with van der Waals surface area (Å²) >= 11 is 5.93. The van der Waals surface area contributed by atoms with Crippen LogP contribution in [0.25, 0.3) is 0 Å². The smallest absolute Gasteiger partial charge is 0.257 e. The van der Waals surface area contributed by atoms with Crippen LogP contribution in [0.5, 0.6) is 5.75 Å². The summed E-state index contributed by atoms with van der Waals surface area (Å²) < 4.78 is 5.93. The van der Waals surface area contributed by atoms with Crippen molar-refractivity contribution in [3.8, 4) is 5.75 Å². The minimum absolute atomic E-state index is 0.0192. The molecule has 0 radical (unpaired) electrons. The average Bonchev–Trinajstić information content (AvgIpc) is 2.73. The monoisotopic (exact) mass is 429 g/mol. The molecule has 2 amide bonds. The molecule has 1 saturated heterocycles. The molecule has 0 unspecified atom stereocenters. The van der Waals surface area contributed by atoms with Crippen LogP contribution < -0.4 is 10.1 Å². The zero-order valence-electron chi connectivity index (χ0n) is 17.4. The number of para-hydroxylation sites is 1. The molecule has 2 aromatic carbocycles. The van der Waals surface area contributed by atoms with Crippen LogP contribution >= 0.6 is 11.6 Å². The number of hydrogen-bond donors (Lipinski definition) is 1. The largest absolute Gasteiger partial charge is 0.488 e. The van der Waals surface area contributed by atoms with Crippen LogP contribution in [0.1, 0.15) is 29.8 Å². The molecule has 1 N–H and O–H groups in total. The van der Waals surface area contributed by atoms with Gasteiger partial charge in [-0.25, -0.2) is 0 Å². The van der Waals surface area contributed by atoms with Crippen LogP contribution in [0.4, 0.5) is 0 Å². The van der Waals surface area contributed by atoms with Crippen molar-refractivity contribution in [2.45, 2.75) is 26.5 Å². The first-order chi connectivity index (χ1) is 14.4. The Morgan fingerprint density at radius 3 is 2.37 bits per heavy atom. The van der Waals surface area contributed by atoms with E-state index >= 15 is 0 Å². The highest BCUT2D eigenvalue weighted by atomic mass is 35.5. The molecule has 30 heavy (non-hydrogen) atoms. The van der Waals surface area contributed by atoms with Gasteiger partial charge in [-0.05, 0) is 43.7 Å². The molecule has 0 atom stereocenters. The van der Waals surface area contributed by atoms with Gasteiger partial charge in [0.1, 0.15) is 12.4 Å². The van der Waals surface area contributed by atoms with Crippen LogP contribution in [0.15, 0.2) is 48.5 Å². The number of nitrogens with zero attached hydrogens (tertiary/aromatic N) is 2. The van der Waals surface area contributed by atoms with Gasteiger partial charge in [-0.1, -0.05) is 35.9 Å². The molecular weight excluding hydrogens is 402 g/mol. The summed E-state index contributed by atoms with van der Waals surface area (Å²) in [7, 11) is 0. The fraction of sp³-hybridized carbons (Fsp3) is 0.391. The lowest BCUT2D eigenvalue weighted by Crippen LogP contribution is -2.51. The highest BCUT2D eigenvalue weighted by Crippen LogP contribution is 2.22. The maximum Gasteiger partial charge on any atom is 0.257 e. The Morgan fingerprint density at radius 2 is 1.70 bits per heavy atom. The molecule has 7 heteroatoms. The van der Waals surface area contributed by atoms with Gasteiger partial charge in [0.25, 0.3) is 5.91 Å². The molecule has 0 aliphatic carbocycles. The molecular formula is C23H28ClN3O3. The topological polar surface area (TPSA) is 61.9 Å². The van der Waals surface area contributed by atoms with Crippen molar-refractivity contribution in [1.29, 1.82) is 0 Å². The van der Waals surface area contributed by atoms with E-state index in [2.05, 4.69) is 10.2 Å². The van der Waals surface area contributed by atoms with Crippen molar-refractivity contribution in [3.63, 3.8) is 0 Å². The zero-order chi connectivity index (χ0) is 21.5. The van der Waals surface area contributed by atoms with Gasteiger partial charge >= 0.3 is 0 Å². The van der Waals surface area contributed by atoms with E-state index in [4.69, 9.17) is 16.3 Å². The first-order valence-electron chi connectivity index (χ1n) is 10.2. The van der Waals surface area contributed by atoms with Crippen molar-refractivity contribution in [1.82, 2.24) is 15.1 Å². The second kappa shape index (κ2) is 10.5. The van der Waals surface area contributed by atoms with E-state index in [1.807, 2.05) is 61.2 Å². The molecule has 1 aliphatic rings. The predicted molar refractivity (Wildman–Crippen MR) is 118 cm³/mol. The molecule has 6 nitrogen and oxygen atoms in total. The Hall–Kier alpha value is -2.57. The van der Waals surface area contributed by atoms with Crippen molar-refractivity contribution in [2.24, 2.45) is 0 Å². The van der Waals surface area contributed by atoms with Crippen molar-refractivity contribution in [2.75, 3.05) is 32.7 Å². The van der Waals surface area contributed by atoms with E-state index in [1.54, 1.807) is 6.07 Å². The van der Waals surface area contributed by atoms with E-state index < -0.39 is 0 Å². The van der Waals surface area contributed by atoms with Gasteiger partial charge in [-0.15, -0.1) is 0 Å². The molecule has 0 bridgehead atoms. The van der Waals surface area contributed by atoms with E-state index in [0.717, 1.165) is 5.56 Å². The number of nitrogens with one attached hydrogen (secondary N) is 1. The van der Waals surface area contributed by atoms with Crippen LogP contribution in [0, 0.1) is 0 Å². The summed E-state index contributed by atoms with van der Waals surface area (Å²) in [6.45, 7) is 7.12. The Kier molecular flexibility index (Phi) is 7.71. The molecule has 1 fully saturated rings. The number of piperazine rings is 1. The summed E-state index contributed by atoms with van der Waals surface area (Å²) in [5, 5.41) is 3.58. The molecule has 1 heterocycles. The third-order valence-corrected chi connectivity index (χ3v) is 5.15. The Morgan fingerprint density at radius 1 is 1.03 bits per heavy atom. The predicted octanol–water partition coefficient (Wildman–Crippen LogP) is 3.20. The number of carbonyl (C=O) groups excluding carboxylic acids is 2. The molecule has 2 aromatic rings. The number of carbonyl (C=O) groups is 2. The number of hydrogen-bond acceptors (Lipinski definition) is 4. The lowest BCUT2D eigenvalue weighted by Gasteiger charge is -2.34. The van der Waals surface area contributed by atoms with Crippen LogP contribution in [-0.4, -0.2) is 60.4 Å². The minimum atomic E-state index is -0.0482. The quantitative estimate of drug-likeness (QED) is 0.734. The summed E-state index contributed by atoms with van der Waals surface area (Å²) in [5.41, 5.74) is 1.53. The third-order valence-electron chi connectivity index (χ3n) is 4.90. The van der Waals surface area contributed by atoms with Crippen LogP contribution in [0.2, 0.25) is 5.02 Å². The van der Waals surface area contributed by atoms with E-state index in [-0.39, 0.29) is 17.9 Å². The maximum absolute atomic E-state index is 13.1. The van der Waals surface area contributed by atoms with Gasteiger partial charge < -0.3 is 15.0 Å². The van der Waals surface area contributed by atoms with Gasteiger partial charge in [-0.2, -0.15) is 0 Å². The molecule has 0 aromatic heterocycles. The number of benzene rings is 2. The molecule has 0 saturated carbocycles. The number of halogens is 1. The lowest BCUT2D eigenvalue weighted by molar-refractivity contribution is -0.123. The number of amides is 2. The summed E-state index contributed by atoms with van der Waals surface area (Å²) in [6, 6.07) is 14.9. The highest BCUT2D eigenvalue weighted by molar-refractivity contribution is 6.30. The van der Waals surface area contributed by atoms with Gasteiger partial charge in [0.15, 0.2) is 0 Å². The van der Waals surface area contributed by atoms with Crippen LogP contribution in [0.3, 0.4) is 0 Å². The van der Waals surface area contributed by atoms with Crippen molar-refractivity contribution in [3.05, 3.63) is 64.7 Å². The summed E-state index contributed by atoms with van der Waals surface area (Å²) in [6.07, 6.45) is 0. The second-order valence-corrected chi connectivity index (χ2v) is 8.14. The zero-order valence-corrected chi connectivity index (χ0v) is 18.2. The van der Waals surface area contributed by atoms with Crippen LogP contribution in [-0.2, 0) is 11.4 Å². The normalized spacial score (nSPS) is 14.6. The molecule has 0 spiro atoms. The Balaban J connectivity index is 1.57. The fourth-order valence-corrected chi connectivity index (χ4v) is 3.49. The molecule has 1 aliphatic heterocycles. The van der Waals surface area contributed by atoms with E-state index in [1.165, 1.54) is 0 Å². The Labute approximate surface area is 182 Å². The number of rotatable bonds is 7. The first-order valence-corrected chi connectivity index (χ1v) is 10.6. The second-order valence-electron chi connectivity index (χ2n) is 7.70. The molecule has 160 valence electrons. The van der Waals surface area contributed by atoms with Crippen molar-refractivity contribution >= 4 is 23.4 Å². The Bertz CT molecular complexity index is 862. The summed E-state index contributed by atoms with van der Waals surface area (Å²) in [4.78, 5) is 28.9. The van der Waals surface area contributed by atoms with E-state index in [0.29, 0.717) is 55.7 Å². The average molecular weight is 430 g/mol. The fourth-order valence-electron chi connectivity index (χ4n) is 3.36. The van der Waals surface area contributed by atoms with Crippen molar-refractivity contribution < 1.29 is 14.3 Å². The van der Waals surface area contributed by atoms with Gasteiger partial charge in [-0.3, -0.25) is 14.5 Å². The standard InChI is InChI=1S/C23H28ClN3O3/c1-17(2)25-22(28)15-26-11-13-27(14-12-26)23(29)20-5-3-4-6-21(20)30-16-18-7-9-19(24)10-8-18/h3-10,17H,11-16H2,1-2H3,(H,25,28). The SMILES string of the molecule is CC(C)NC(=O)CN1CCN(C(=O)c2ccccc2OCc2ccc(Cl)cc2)CC1. The third kappa shape index (κ3) is 6.21. The minimum Gasteiger partial charge on any atom is -0.488 e. The molecule has 3 rings (SSSR count). The first kappa shape index (κ1) is 22.1. The maximum atomic E-state index is 13.1.